The minimum absolute atomic E-state index is 0.0126. The summed E-state index contributed by atoms with van der Waals surface area (Å²) in [7, 11) is -3.43. The Balaban J connectivity index is 1.45. The average Bonchev–Trinajstić information content (AvgIpc) is 3.23. The predicted molar refractivity (Wildman–Crippen MR) is 108 cm³/mol. The molecule has 1 aliphatic rings. The molecule has 0 radical (unpaired) electrons. The Labute approximate surface area is 170 Å². The molecule has 8 heteroatoms. The van der Waals surface area contributed by atoms with Crippen molar-refractivity contribution in [3.05, 3.63) is 65.5 Å². The van der Waals surface area contributed by atoms with Crippen LogP contribution < -0.4 is 0 Å². The van der Waals surface area contributed by atoms with E-state index in [0.717, 1.165) is 36.0 Å². The van der Waals surface area contributed by atoms with Crippen LogP contribution >= 0.6 is 0 Å². The summed E-state index contributed by atoms with van der Waals surface area (Å²) in [6.07, 6.45) is 3.34. The summed E-state index contributed by atoms with van der Waals surface area (Å²) in [5.41, 5.74) is 2.52. The largest absolute Gasteiger partial charge is 0.392 e. The van der Waals surface area contributed by atoms with Gasteiger partial charge < -0.3 is 9.63 Å². The van der Waals surface area contributed by atoms with E-state index < -0.39 is 10.0 Å². The molecule has 0 amide bonds. The highest BCUT2D eigenvalue weighted by Gasteiger charge is 2.25. The van der Waals surface area contributed by atoms with E-state index in [1.165, 1.54) is 0 Å². The van der Waals surface area contributed by atoms with Gasteiger partial charge in [-0.3, -0.25) is 0 Å². The third-order valence-electron chi connectivity index (χ3n) is 5.09. The molecular weight excluding hydrogens is 390 g/mol. The van der Waals surface area contributed by atoms with E-state index in [1.54, 1.807) is 28.6 Å². The summed E-state index contributed by atoms with van der Waals surface area (Å²) < 4.78 is 32.4. The molecule has 0 bridgehead atoms. The lowest BCUT2D eigenvalue weighted by atomic mass is 10.1. The number of aliphatic hydroxyl groups excluding tert-OH is 1. The van der Waals surface area contributed by atoms with Gasteiger partial charge in [0.1, 0.15) is 0 Å². The molecule has 0 aliphatic carbocycles. The number of aromatic nitrogens is 2. The van der Waals surface area contributed by atoms with Crippen LogP contribution in [0, 0.1) is 0 Å². The fourth-order valence-corrected chi connectivity index (χ4v) is 4.93. The number of piperidine rings is 1. The second-order valence-electron chi connectivity index (χ2n) is 7.15. The summed E-state index contributed by atoms with van der Waals surface area (Å²) in [5, 5.41) is 13.1. The highest BCUT2D eigenvalue weighted by Crippen LogP contribution is 2.22. The Morgan fingerprint density at radius 2 is 1.59 bits per heavy atom. The fourth-order valence-electron chi connectivity index (χ4n) is 3.41. The Morgan fingerprint density at radius 1 is 0.931 bits per heavy atom. The molecule has 1 fully saturated rings. The van der Waals surface area contributed by atoms with Crippen LogP contribution in [0.3, 0.4) is 0 Å². The maximum atomic E-state index is 12.7. The highest BCUT2D eigenvalue weighted by molar-refractivity contribution is 7.89. The molecule has 1 aliphatic heterocycles. The zero-order chi connectivity index (χ0) is 20.3. The minimum Gasteiger partial charge on any atom is -0.392 e. The third-order valence-corrected chi connectivity index (χ3v) is 7.01. The Bertz CT molecular complexity index is 1050. The monoisotopic (exact) mass is 413 g/mol. The van der Waals surface area contributed by atoms with Gasteiger partial charge in [-0.2, -0.15) is 9.29 Å². The van der Waals surface area contributed by atoms with E-state index in [-0.39, 0.29) is 6.61 Å². The number of sulfonamides is 1. The van der Waals surface area contributed by atoms with Crippen molar-refractivity contribution in [2.45, 2.75) is 37.2 Å². The van der Waals surface area contributed by atoms with E-state index in [1.807, 2.05) is 24.3 Å². The molecule has 0 atom stereocenters. The molecule has 152 valence electrons. The second-order valence-corrected chi connectivity index (χ2v) is 9.09. The Kier molecular flexibility index (Phi) is 5.75. The molecule has 2 heterocycles. The van der Waals surface area contributed by atoms with Crippen LogP contribution in [-0.4, -0.2) is 41.1 Å². The first-order valence-corrected chi connectivity index (χ1v) is 11.1. The maximum Gasteiger partial charge on any atom is 0.243 e. The second kappa shape index (κ2) is 8.44. The summed E-state index contributed by atoms with van der Waals surface area (Å²) in [6.45, 7) is 1.17. The zero-order valence-electron chi connectivity index (χ0n) is 16.0. The van der Waals surface area contributed by atoms with Gasteiger partial charge in [0, 0.05) is 18.7 Å². The van der Waals surface area contributed by atoms with E-state index >= 15 is 0 Å². The van der Waals surface area contributed by atoms with Gasteiger partial charge in [0.2, 0.25) is 21.7 Å². The van der Waals surface area contributed by atoms with Crippen LogP contribution in [0.15, 0.2) is 57.9 Å². The van der Waals surface area contributed by atoms with Crippen LogP contribution in [0.5, 0.6) is 0 Å². The summed E-state index contributed by atoms with van der Waals surface area (Å²) in [5.74, 6) is 0.937. The third kappa shape index (κ3) is 4.39. The molecule has 1 aromatic heterocycles. The molecule has 0 unspecified atom stereocenters. The van der Waals surface area contributed by atoms with Crippen LogP contribution in [-0.2, 0) is 23.1 Å². The average molecular weight is 413 g/mol. The van der Waals surface area contributed by atoms with Crippen molar-refractivity contribution in [2.75, 3.05) is 13.1 Å². The van der Waals surface area contributed by atoms with Gasteiger partial charge in [0.05, 0.1) is 17.9 Å². The first-order valence-electron chi connectivity index (χ1n) is 9.68. The highest BCUT2D eigenvalue weighted by atomic mass is 32.2. The molecule has 0 saturated carbocycles. The maximum absolute atomic E-state index is 12.7. The van der Waals surface area contributed by atoms with Crippen LogP contribution in [0.2, 0.25) is 0 Å². The van der Waals surface area contributed by atoms with Crippen LogP contribution in [0.25, 0.3) is 11.4 Å². The first kappa shape index (κ1) is 19.8. The van der Waals surface area contributed by atoms with Gasteiger partial charge in [0.25, 0.3) is 0 Å². The molecular formula is C21H23N3O4S. The predicted octanol–water partition coefficient (Wildman–Crippen LogP) is 2.99. The van der Waals surface area contributed by atoms with E-state index in [4.69, 9.17) is 9.63 Å². The van der Waals surface area contributed by atoms with Gasteiger partial charge in [0.15, 0.2) is 0 Å². The van der Waals surface area contributed by atoms with Gasteiger partial charge in [-0.15, -0.1) is 0 Å². The molecule has 2 aromatic carbocycles. The molecule has 29 heavy (non-hydrogen) atoms. The lowest BCUT2D eigenvalue weighted by Crippen LogP contribution is -2.35. The molecule has 0 spiro atoms. The van der Waals surface area contributed by atoms with Crippen LogP contribution in [0.1, 0.15) is 36.3 Å². The smallest absolute Gasteiger partial charge is 0.243 e. The Hall–Kier alpha value is -2.55. The molecule has 3 aromatic rings. The lowest BCUT2D eigenvalue weighted by Gasteiger charge is -2.25. The quantitative estimate of drug-likeness (QED) is 0.667. The summed E-state index contributed by atoms with van der Waals surface area (Å²) in [4.78, 5) is 4.73. The van der Waals surface area contributed by atoms with Crippen molar-refractivity contribution in [3.8, 4) is 11.4 Å². The van der Waals surface area contributed by atoms with Crippen molar-refractivity contribution < 1.29 is 18.0 Å². The van der Waals surface area contributed by atoms with Crippen molar-refractivity contribution >= 4 is 10.0 Å². The molecule has 7 nitrogen and oxygen atoms in total. The number of hydrogen-bond donors (Lipinski definition) is 1. The van der Waals surface area contributed by atoms with Crippen molar-refractivity contribution in [2.24, 2.45) is 0 Å². The number of nitrogens with zero attached hydrogens (tertiary/aromatic N) is 3. The number of hydrogen-bond acceptors (Lipinski definition) is 6. The van der Waals surface area contributed by atoms with Gasteiger partial charge in [-0.25, -0.2) is 8.42 Å². The van der Waals surface area contributed by atoms with Crippen molar-refractivity contribution in [3.63, 3.8) is 0 Å². The molecule has 1 N–H and O–H groups in total. The number of rotatable bonds is 6. The van der Waals surface area contributed by atoms with Crippen molar-refractivity contribution in [1.82, 2.24) is 14.4 Å². The zero-order valence-corrected chi connectivity index (χ0v) is 16.8. The lowest BCUT2D eigenvalue weighted by molar-refractivity contribution is 0.282. The molecule has 1 saturated heterocycles. The van der Waals surface area contributed by atoms with E-state index in [2.05, 4.69) is 10.1 Å². The number of benzene rings is 2. The Morgan fingerprint density at radius 3 is 2.24 bits per heavy atom. The fraction of sp³-hybridized carbons (Fsp3) is 0.333. The van der Waals surface area contributed by atoms with Gasteiger partial charge in [-0.05, 0) is 36.1 Å². The minimum atomic E-state index is -3.43. The topological polar surface area (TPSA) is 96.5 Å². The SMILES string of the molecule is O=S(=O)(c1ccc(Cc2nc(-c3ccc(CO)cc3)no2)cc1)N1CCCCC1. The van der Waals surface area contributed by atoms with Gasteiger partial charge >= 0.3 is 0 Å². The normalized spacial score (nSPS) is 15.5. The van der Waals surface area contributed by atoms with Crippen LogP contribution in [0.4, 0.5) is 0 Å². The van der Waals surface area contributed by atoms with E-state index in [9.17, 15) is 8.42 Å². The summed E-state index contributed by atoms with van der Waals surface area (Å²) >= 11 is 0. The standard InChI is InChI=1S/C21H23N3O4S/c25-15-17-4-8-18(9-5-17)21-22-20(28-23-21)14-16-6-10-19(11-7-16)29(26,27)24-12-2-1-3-13-24/h4-11,25H,1-3,12-15H2. The summed E-state index contributed by atoms with van der Waals surface area (Å²) in [6, 6.07) is 14.2. The van der Waals surface area contributed by atoms with Gasteiger partial charge in [-0.1, -0.05) is 48.0 Å². The molecule has 4 rings (SSSR count). The van der Waals surface area contributed by atoms with Crippen molar-refractivity contribution in [1.29, 1.82) is 0 Å². The first-order chi connectivity index (χ1) is 14.1. The number of aliphatic hydroxyl groups is 1. The van der Waals surface area contributed by atoms with E-state index in [0.29, 0.717) is 36.1 Å².